The smallest absolute Gasteiger partial charge is 0.223 e. The Balaban J connectivity index is 1.60. The summed E-state index contributed by atoms with van der Waals surface area (Å²) < 4.78 is 5.08. The van der Waals surface area contributed by atoms with E-state index < -0.39 is 0 Å². The van der Waals surface area contributed by atoms with Crippen LogP contribution in [0.15, 0.2) is 4.52 Å². The molecular weight excluding hydrogens is 252 g/mol. The molecule has 1 aliphatic heterocycles. The number of piperazine rings is 1. The fourth-order valence-corrected chi connectivity index (χ4v) is 3.61. The first-order chi connectivity index (χ1) is 9.72. The van der Waals surface area contributed by atoms with Gasteiger partial charge in [-0.15, -0.1) is 0 Å². The lowest BCUT2D eigenvalue weighted by molar-refractivity contribution is 0.0950. The minimum atomic E-state index is 0.536. The highest BCUT2D eigenvalue weighted by Crippen LogP contribution is 2.28. The van der Waals surface area contributed by atoms with Gasteiger partial charge in [-0.2, -0.15) is 4.98 Å². The highest BCUT2D eigenvalue weighted by Gasteiger charge is 2.31. The lowest BCUT2D eigenvalue weighted by Crippen LogP contribution is -2.57. The maximum absolute atomic E-state index is 5.08. The Morgan fingerprint density at radius 2 is 2.10 bits per heavy atom. The van der Waals surface area contributed by atoms with E-state index in [1.165, 1.54) is 32.1 Å². The molecule has 1 aliphatic carbocycles. The SMILES string of the molecule is Cc1nc(CN2CC(C3CCCCC3)NCC2C)no1. The average molecular weight is 278 g/mol. The summed E-state index contributed by atoms with van der Waals surface area (Å²) in [6.45, 7) is 7.11. The van der Waals surface area contributed by atoms with Crippen molar-refractivity contribution in [2.24, 2.45) is 5.92 Å². The van der Waals surface area contributed by atoms with E-state index in [9.17, 15) is 0 Å². The molecule has 112 valence electrons. The van der Waals surface area contributed by atoms with Crippen molar-refractivity contribution in [1.29, 1.82) is 0 Å². The lowest BCUT2D eigenvalue weighted by atomic mass is 9.82. The minimum Gasteiger partial charge on any atom is -0.340 e. The van der Waals surface area contributed by atoms with E-state index in [-0.39, 0.29) is 0 Å². The molecule has 1 saturated heterocycles. The number of aromatic nitrogens is 2. The van der Waals surface area contributed by atoms with Crippen molar-refractivity contribution in [3.63, 3.8) is 0 Å². The second-order valence-electron chi connectivity index (χ2n) is 6.42. The van der Waals surface area contributed by atoms with Gasteiger partial charge in [0, 0.05) is 32.1 Å². The van der Waals surface area contributed by atoms with Crippen LogP contribution >= 0.6 is 0 Å². The maximum atomic E-state index is 5.08. The van der Waals surface area contributed by atoms with Crippen LogP contribution in [0.2, 0.25) is 0 Å². The molecule has 5 heteroatoms. The van der Waals surface area contributed by atoms with Crippen molar-refractivity contribution in [3.8, 4) is 0 Å². The molecule has 2 atom stereocenters. The van der Waals surface area contributed by atoms with Crippen molar-refractivity contribution < 1.29 is 4.52 Å². The molecule has 0 aromatic carbocycles. The Morgan fingerprint density at radius 1 is 1.30 bits per heavy atom. The van der Waals surface area contributed by atoms with Crippen LogP contribution in [0.4, 0.5) is 0 Å². The van der Waals surface area contributed by atoms with E-state index in [4.69, 9.17) is 4.52 Å². The van der Waals surface area contributed by atoms with Gasteiger partial charge >= 0.3 is 0 Å². The number of hydrogen-bond acceptors (Lipinski definition) is 5. The summed E-state index contributed by atoms with van der Waals surface area (Å²) in [5.41, 5.74) is 0. The van der Waals surface area contributed by atoms with Crippen LogP contribution in [0.5, 0.6) is 0 Å². The Bertz CT molecular complexity index is 427. The van der Waals surface area contributed by atoms with Crippen molar-refractivity contribution in [2.75, 3.05) is 13.1 Å². The Morgan fingerprint density at radius 3 is 2.80 bits per heavy atom. The zero-order chi connectivity index (χ0) is 13.9. The fourth-order valence-electron chi connectivity index (χ4n) is 3.61. The quantitative estimate of drug-likeness (QED) is 0.918. The topological polar surface area (TPSA) is 54.2 Å². The zero-order valence-electron chi connectivity index (χ0n) is 12.6. The molecule has 0 amide bonds. The van der Waals surface area contributed by atoms with Crippen molar-refractivity contribution in [2.45, 2.75) is 64.6 Å². The molecule has 3 rings (SSSR count). The third-order valence-corrected chi connectivity index (χ3v) is 4.86. The van der Waals surface area contributed by atoms with Gasteiger partial charge in [0.1, 0.15) is 0 Å². The van der Waals surface area contributed by atoms with Crippen molar-refractivity contribution in [3.05, 3.63) is 11.7 Å². The molecular formula is C15H26N4O. The monoisotopic (exact) mass is 278 g/mol. The number of aryl methyl sites for hydroxylation is 1. The summed E-state index contributed by atoms with van der Waals surface area (Å²) in [4.78, 5) is 6.84. The lowest BCUT2D eigenvalue weighted by Gasteiger charge is -2.42. The molecule has 1 aromatic rings. The van der Waals surface area contributed by atoms with Crippen LogP contribution in [-0.2, 0) is 6.54 Å². The molecule has 5 nitrogen and oxygen atoms in total. The molecule has 2 fully saturated rings. The molecule has 0 radical (unpaired) electrons. The highest BCUT2D eigenvalue weighted by molar-refractivity contribution is 4.92. The van der Waals surface area contributed by atoms with E-state index in [0.717, 1.165) is 31.4 Å². The standard InChI is InChI=1S/C15H26N4O/c1-11-8-16-14(13-6-4-3-5-7-13)9-19(11)10-15-17-12(2)20-18-15/h11,13-14,16H,3-10H2,1-2H3. The first-order valence-electron chi connectivity index (χ1n) is 7.99. The van der Waals surface area contributed by atoms with E-state index >= 15 is 0 Å². The van der Waals surface area contributed by atoms with Gasteiger partial charge in [0.25, 0.3) is 0 Å². The van der Waals surface area contributed by atoms with Gasteiger partial charge in [0.05, 0.1) is 6.54 Å². The predicted molar refractivity (Wildman–Crippen MR) is 77.3 cm³/mol. The molecule has 2 aliphatic rings. The van der Waals surface area contributed by atoms with Gasteiger partial charge in [0.15, 0.2) is 5.82 Å². The number of nitrogens with one attached hydrogen (secondary N) is 1. The third kappa shape index (κ3) is 3.20. The van der Waals surface area contributed by atoms with E-state index in [1.807, 2.05) is 6.92 Å². The van der Waals surface area contributed by atoms with Gasteiger partial charge in [-0.3, -0.25) is 4.90 Å². The first-order valence-corrected chi connectivity index (χ1v) is 7.99. The van der Waals surface area contributed by atoms with Gasteiger partial charge in [0.2, 0.25) is 5.89 Å². The number of hydrogen-bond donors (Lipinski definition) is 1. The minimum absolute atomic E-state index is 0.536. The largest absolute Gasteiger partial charge is 0.340 e. The number of nitrogens with zero attached hydrogens (tertiary/aromatic N) is 3. The van der Waals surface area contributed by atoms with E-state index in [2.05, 4.69) is 27.3 Å². The summed E-state index contributed by atoms with van der Waals surface area (Å²) in [5, 5.41) is 7.79. The van der Waals surface area contributed by atoms with E-state index in [1.54, 1.807) is 0 Å². The second kappa shape index (κ2) is 6.22. The zero-order valence-corrected chi connectivity index (χ0v) is 12.6. The molecule has 1 N–H and O–H groups in total. The van der Waals surface area contributed by atoms with Crippen LogP contribution in [-0.4, -0.2) is 40.2 Å². The first kappa shape index (κ1) is 14.0. The second-order valence-corrected chi connectivity index (χ2v) is 6.42. The van der Waals surface area contributed by atoms with E-state index in [0.29, 0.717) is 18.0 Å². The summed E-state index contributed by atoms with van der Waals surface area (Å²) in [7, 11) is 0. The summed E-state index contributed by atoms with van der Waals surface area (Å²) in [6.07, 6.45) is 7.01. The summed E-state index contributed by atoms with van der Waals surface area (Å²) >= 11 is 0. The van der Waals surface area contributed by atoms with Crippen LogP contribution in [0.3, 0.4) is 0 Å². The Kier molecular flexibility index (Phi) is 4.36. The molecule has 2 unspecified atom stereocenters. The van der Waals surface area contributed by atoms with Crippen LogP contribution in [0.25, 0.3) is 0 Å². The molecule has 1 saturated carbocycles. The Labute approximate surface area is 121 Å². The molecule has 0 bridgehead atoms. The van der Waals surface area contributed by atoms with Gasteiger partial charge in [-0.05, 0) is 25.7 Å². The van der Waals surface area contributed by atoms with Crippen molar-refractivity contribution in [1.82, 2.24) is 20.4 Å². The third-order valence-electron chi connectivity index (χ3n) is 4.86. The fraction of sp³-hybridized carbons (Fsp3) is 0.867. The Hall–Kier alpha value is -0.940. The van der Waals surface area contributed by atoms with Gasteiger partial charge in [-0.25, -0.2) is 0 Å². The maximum Gasteiger partial charge on any atom is 0.223 e. The van der Waals surface area contributed by atoms with Crippen LogP contribution < -0.4 is 5.32 Å². The summed E-state index contributed by atoms with van der Waals surface area (Å²) in [6, 6.07) is 1.17. The van der Waals surface area contributed by atoms with Gasteiger partial charge < -0.3 is 9.84 Å². The average Bonchev–Trinajstić information content (AvgIpc) is 2.88. The van der Waals surface area contributed by atoms with Crippen LogP contribution in [0.1, 0.15) is 50.7 Å². The molecule has 2 heterocycles. The van der Waals surface area contributed by atoms with Crippen molar-refractivity contribution >= 4 is 0 Å². The molecule has 20 heavy (non-hydrogen) atoms. The predicted octanol–water partition coefficient (Wildman–Crippen LogP) is 2.12. The summed E-state index contributed by atoms with van der Waals surface area (Å²) in [5.74, 6) is 2.33. The molecule has 1 aromatic heterocycles. The number of rotatable bonds is 3. The molecule has 0 spiro atoms. The highest BCUT2D eigenvalue weighted by atomic mass is 16.5. The van der Waals surface area contributed by atoms with Gasteiger partial charge in [-0.1, -0.05) is 24.4 Å². The van der Waals surface area contributed by atoms with Crippen LogP contribution in [0, 0.1) is 12.8 Å². The normalized spacial score (nSPS) is 29.7.